The van der Waals surface area contributed by atoms with Gasteiger partial charge in [-0.15, -0.1) is 0 Å². The Bertz CT molecular complexity index is 640. The molecule has 2 fully saturated rings. The minimum absolute atomic E-state index is 0.280. The minimum Gasteiger partial charge on any atom is -0.493 e. The highest BCUT2D eigenvalue weighted by molar-refractivity contribution is 5.46. The molecule has 1 saturated carbocycles. The first-order chi connectivity index (χ1) is 13.7. The standard InChI is InChI=1S/C23H34FNO3/c1-2-3-4-10-25-11-9-21(17-5-6-19(24)12-17)18(14-25)15-26-20-7-8-22-23(13-20)28-16-27-22/h7-8,13,17-19,21H,2-6,9-12,14-16H2,1H3/t17?,18-,19?,21-/m0/s1. The number of benzene rings is 1. The maximum atomic E-state index is 13.8. The Morgan fingerprint density at radius 3 is 2.86 bits per heavy atom. The SMILES string of the molecule is CCCCCN1CC[C@@H](C2CCC(F)C2)[C@H](COc2ccc3c(c2)OCO3)C1. The fourth-order valence-corrected chi connectivity index (χ4v) is 5.23. The summed E-state index contributed by atoms with van der Waals surface area (Å²) in [5, 5.41) is 0. The third-order valence-corrected chi connectivity index (χ3v) is 6.78. The fraction of sp³-hybridized carbons (Fsp3) is 0.739. The molecule has 5 heteroatoms. The highest BCUT2D eigenvalue weighted by atomic mass is 19.1. The van der Waals surface area contributed by atoms with Crippen LogP contribution in [0.25, 0.3) is 0 Å². The van der Waals surface area contributed by atoms with Crippen molar-refractivity contribution in [1.29, 1.82) is 0 Å². The van der Waals surface area contributed by atoms with Crippen LogP contribution >= 0.6 is 0 Å². The smallest absolute Gasteiger partial charge is 0.231 e. The molecule has 156 valence electrons. The zero-order chi connectivity index (χ0) is 19.3. The van der Waals surface area contributed by atoms with Gasteiger partial charge in [0.25, 0.3) is 0 Å². The van der Waals surface area contributed by atoms with Crippen LogP contribution in [0.15, 0.2) is 18.2 Å². The van der Waals surface area contributed by atoms with E-state index in [0.29, 0.717) is 24.4 Å². The highest BCUT2D eigenvalue weighted by Gasteiger charge is 2.38. The molecule has 0 bridgehead atoms. The van der Waals surface area contributed by atoms with E-state index in [1.165, 1.54) is 32.2 Å². The lowest BCUT2D eigenvalue weighted by Gasteiger charge is -2.41. The predicted octanol–water partition coefficient (Wildman–Crippen LogP) is 5.06. The first kappa shape index (κ1) is 19.8. The molecule has 4 rings (SSSR count). The molecule has 4 atom stereocenters. The second-order valence-corrected chi connectivity index (χ2v) is 8.72. The number of rotatable bonds is 8. The molecule has 0 aromatic heterocycles. The number of alkyl halides is 1. The molecule has 0 N–H and O–H groups in total. The Balaban J connectivity index is 1.38. The Morgan fingerprint density at radius 2 is 2.04 bits per heavy atom. The van der Waals surface area contributed by atoms with E-state index in [1.54, 1.807) is 0 Å². The number of halogens is 1. The van der Waals surface area contributed by atoms with Crippen LogP contribution in [-0.4, -0.2) is 44.1 Å². The van der Waals surface area contributed by atoms with Crippen LogP contribution in [0.1, 0.15) is 51.9 Å². The Kier molecular flexibility index (Phi) is 6.61. The molecule has 1 aromatic carbocycles. The summed E-state index contributed by atoms with van der Waals surface area (Å²) in [6.07, 6.45) is 6.95. The van der Waals surface area contributed by atoms with E-state index >= 15 is 0 Å². The largest absolute Gasteiger partial charge is 0.493 e. The van der Waals surface area contributed by atoms with Crippen molar-refractivity contribution in [3.05, 3.63) is 18.2 Å². The van der Waals surface area contributed by atoms with Gasteiger partial charge >= 0.3 is 0 Å². The zero-order valence-electron chi connectivity index (χ0n) is 17.1. The van der Waals surface area contributed by atoms with Crippen LogP contribution in [0, 0.1) is 17.8 Å². The van der Waals surface area contributed by atoms with Crippen molar-refractivity contribution < 1.29 is 18.6 Å². The van der Waals surface area contributed by atoms with E-state index in [-0.39, 0.29) is 6.79 Å². The van der Waals surface area contributed by atoms with Crippen molar-refractivity contribution in [3.8, 4) is 17.2 Å². The summed E-state index contributed by atoms with van der Waals surface area (Å²) >= 11 is 0. The first-order valence-corrected chi connectivity index (χ1v) is 11.1. The molecule has 4 nitrogen and oxygen atoms in total. The summed E-state index contributed by atoms with van der Waals surface area (Å²) in [5.74, 6) is 3.95. The molecular formula is C23H34FNO3. The van der Waals surface area contributed by atoms with Gasteiger partial charge in [-0.05, 0) is 69.2 Å². The second kappa shape index (κ2) is 9.34. The van der Waals surface area contributed by atoms with Crippen LogP contribution in [0.4, 0.5) is 4.39 Å². The number of piperidine rings is 1. The quantitative estimate of drug-likeness (QED) is 0.580. The van der Waals surface area contributed by atoms with Crippen LogP contribution < -0.4 is 14.2 Å². The lowest BCUT2D eigenvalue weighted by Crippen LogP contribution is -2.45. The van der Waals surface area contributed by atoms with Crippen LogP contribution in [0.3, 0.4) is 0 Å². The maximum Gasteiger partial charge on any atom is 0.231 e. The fourth-order valence-electron chi connectivity index (χ4n) is 5.23. The molecule has 2 unspecified atom stereocenters. The van der Waals surface area contributed by atoms with Crippen molar-refractivity contribution in [3.63, 3.8) is 0 Å². The van der Waals surface area contributed by atoms with Gasteiger partial charge < -0.3 is 19.1 Å². The number of likely N-dealkylation sites (tertiary alicyclic amines) is 1. The minimum atomic E-state index is -0.594. The van der Waals surface area contributed by atoms with Crippen molar-refractivity contribution in [2.45, 2.75) is 58.0 Å². The lowest BCUT2D eigenvalue weighted by molar-refractivity contribution is 0.0489. The maximum absolute atomic E-state index is 13.8. The van der Waals surface area contributed by atoms with Gasteiger partial charge in [-0.3, -0.25) is 0 Å². The van der Waals surface area contributed by atoms with Crippen LogP contribution in [-0.2, 0) is 0 Å². The molecule has 28 heavy (non-hydrogen) atoms. The summed E-state index contributed by atoms with van der Waals surface area (Å²) < 4.78 is 30.9. The molecular weight excluding hydrogens is 357 g/mol. The summed E-state index contributed by atoms with van der Waals surface area (Å²) in [6.45, 7) is 6.64. The summed E-state index contributed by atoms with van der Waals surface area (Å²) in [7, 11) is 0. The number of fused-ring (bicyclic) bond motifs is 1. The van der Waals surface area contributed by atoms with E-state index in [9.17, 15) is 4.39 Å². The van der Waals surface area contributed by atoms with Gasteiger partial charge in [-0.25, -0.2) is 4.39 Å². The average molecular weight is 392 g/mol. The number of hydrogen-bond donors (Lipinski definition) is 0. The van der Waals surface area contributed by atoms with E-state index in [1.807, 2.05) is 18.2 Å². The molecule has 2 aliphatic heterocycles. The molecule has 2 heterocycles. The van der Waals surface area contributed by atoms with E-state index in [2.05, 4.69) is 11.8 Å². The Morgan fingerprint density at radius 1 is 1.14 bits per heavy atom. The van der Waals surface area contributed by atoms with Gasteiger partial charge in [0, 0.05) is 18.5 Å². The summed E-state index contributed by atoms with van der Waals surface area (Å²) in [4.78, 5) is 2.60. The van der Waals surface area contributed by atoms with Gasteiger partial charge in [0.2, 0.25) is 6.79 Å². The van der Waals surface area contributed by atoms with Gasteiger partial charge in [0.15, 0.2) is 11.5 Å². The molecule has 1 saturated heterocycles. The van der Waals surface area contributed by atoms with E-state index < -0.39 is 6.17 Å². The van der Waals surface area contributed by atoms with Crippen molar-refractivity contribution in [2.24, 2.45) is 17.8 Å². The average Bonchev–Trinajstić information content (AvgIpc) is 3.35. The highest BCUT2D eigenvalue weighted by Crippen LogP contribution is 2.41. The van der Waals surface area contributed by atoms with Crippen LogP contribution in [0.2, 0.25) is 0 Å². The van der Waals surface area contributed by atoms with Crippen molar-refractivity contribution in [2.75, 3.05) is 33.0 Å². The third kappa shape index (κ3) is 4.73. The van der Waals surface area contributed by atoms with Gasteiger partial charge in [0.1, 0.15) is 11.9 Å². The first-order valence-electron chi connectivity index (χ1n) is 11.1. The number of ether oxygens (including phenoxy) is 3. The second-order valence-electron chi connectivity index (χ2n) is 8.72. The van der Waals surface area contributed by atoms with E-state index in [0.717, 1.165) is 49.6 Å². The molecule has 1 aliphatic carbocycles. The number of hydrogen-bond acceptors (Lipinski definition) is 4. The molecule has 3 aliphatic rings. The topological polar surface area (TPSA) is 30.9 Å². The Hall–Kier alpha value is -1.49. The summed E-state index contributed by atoms with van der Waals surface area (Å²) in [5.41, 5.74) is 0. The third-order valence-electron chi connectivity index (χ3n) is 6.78. The molecule has 0 amide bonds. The molecule has 0 radical (unpaired) electrons. The Labute approximate surface area is 168 Å². The predicted molar refractivity (Wildman–Crippen MR) is 108 cm³/mol. The zero-order valence-corrected chi connectivity index (χ0v) is 17.1. The van der Waals surface area contributed by atoms with E-state index in [4.69, 9.17) is 14.2 Å². The number of nitrogens with zero attached hydrogens (tertiary/aromatic N) is 1. The van der Waals surface area contributed by atoms with Gasteiger partial charge in [-0.2, -0.15) is 0 Å². The van der Waals surface area contributed by atoms with Crippen molar-refractivity contribution >= 4 is 0 Å². The summed E-state index contributed by atoms with van der Waals surface area (Å²) in [6, 6.07) is 5.79. The van der Waals surface area contributed by atoms with Crippen molar-refractivity contribution in [1.82, 2.24) is 4.90 Å². The molecule has 0 spiro atoms. The lowest BCUT2D eigenvalue weighted by atomic mass is 9.76. The molecule has 1 aromatic rings. The van der Waals surface area contributed by atoms with Gasteiger partial charge in [-0.1, -0.05) is 19.8 Å². The number of unbranched alkanes of at least 4 members (excludes halogenated alkanes) is 2. The van der Waals surface area contributed by atoms with Crippen LogP contribution in [0.5, 0.6) is 17.2 Å². The van der Waals surface area contributed by atoms with Gasteiger partial charge in [0.05, 0.1) is 6.61 Å². The monoisotopic (exact) mass is 391 g/mol. The normalized spacial score (nSPS) is 29.9.